The van der Waals surface area contributed by atoms with E-state index in [2.05, 4.69) is 10.2 Å². The van der Waals surface area contributed by atoms with Crippen LogP contribution in [0.5, 0.6) is 0 Å². The third kappa shape index (κ3) is 6.95. The van der Waals surface area contributed by atoms with Gasteiger partial charge in [-0.15, -0.1) is 0 Å². The quantitative estimate of drug-likeness (QED) is 0.572. The van der Waals surface area contributed by atoms with Gasteiger partial charge in [0.05, 0.1) is 10.6 Å². The minimum Gasteiger partial charge on any atom is -0.354 e. The molecule has 2 aromatic carbocycles. The van der Waals surface area contributed by atoms with Crippen LogP contribution in [0.4, 0.5) is 5.69 Å². The lowest BCUT2D eigenvalue weighted by Gasteiger charge is -2.24. The summed E-state index contributed by atoms with van der Waals surface area (Å²) in [6, 6.07) is 14.6. The van der Waals surface area contributed by atoms with E-state index >= 15 is 0 Å². The SMILES string of the molecule is O=C(CN(c1cccc(Cl)c1)S(=O)(=O)c1ccccc1)NCCCN1CCCCCC1. The summed E-state index contributed by atoms with van der Waals surface area (Å²) < 4.78 is 27.6. The van der Waals surface area contributed by atoms with Gasteiger partial charge in [0.25, 0.3) is 10.0 Å². The number of anilines is 1. The fourth-order valence-corrected chi connectivity index (χ4v) is 5.36. The number of rotatable bonds is 9. The Labute approximate surface area is 190 Å². The summed E-state index contributed by atoms with van der Waals surface area (Å²) in [4.78, 5) is 15.2. The highest BCUT2D eigenvalue weighted by molar-refractivity contribution is 7.92. The first-order valence-corrected chi connectivity index (χ1v) is 12.6. The van der Waals surface area contributed by atoms with E-state index in [-0.39, 0.29) is 17.3 Å². The molecule has 0 aromatic heterocycles. The standard InChI is InChI=1S/C23H30ClN3O3S/c24-20-10-8-11-21(18-20)27(31(29,30)22-12-4-3-5-13-22)19-23(28)25-14-9-17-26-15-6-1-2-7-16-26/h3-5,8,10-13,18H,1-2,6-7,9,14-17,19H2,(H,25,28). The van der Waals surface area contributed by atoms with Crippen molar-refractivity contribution in [3.8, 4) is 0 Å². The zero-order valence-electron chi connectivity index (χ0n) is 17.7. The first-order valence-electron chi connectivity index (χ1n) is 10.8. The van der Waals surface area contributed by atoms with Crippen LogP contribution in [0.1, 0.15) is 32.1 Å². The molecule has 0 spiro atoms. The fourth-order valence-electron chi connectivity index (χ4n) is 3.74. The first-order chi connectivity index (χ1) is 15.0. The van der Waals surface area contributed by atoms with Crippen molar-refractivity contribution in [1.29, 1.82) is 0 Å². The second-order valence-electron chi connectivity index (χ2n) is 7.76. The largest absolute Gasteiger partial charge is 0.354 e. The van der Waals surface area contributed by atoms with Crippen LogP contribution in [0.3, 0.4) is 0 Å². The minimum atomic E-state index is -3.91. The highest BCUT2D eigenvalue weighted by Crippen LogP contribution is 2.25. The third-order valence-electron chi connectivity index (χ3n) is 5.39. The second kappa shape index (κ2) is 11.5. The molecule has 0 saturated carbocycles. The molecule has 0 bridgehead atoms. The molecule has 1 heterocycles. The monoisotopic (exact) mass is 463 g/mol. The molecule has 8 heteroatoms. The van der Waals surface area contributed by atoms with Crippen LogP contribution in [0.25, 0.3) is 0 Å². The number of likely N-dealkylation sites (tertiary alicyclic amines) is 1. The molecular weight excluding hydrogens is 434 g/mol. The average molecular weight is 464 g/mol. The molecule has 1 saturated heterocycles. The Morgan fingerprint density at radius 2 is 1.71 bits per heavy atom. The molecule has 2 aromatic rings. The highest BCUT2D eigenvalue weighted by Gasteiger charge is 2.27. The van der Waals surface area contributed by atoms with Crippen molar-refractivity contribution >= 4 is 33.2 Å². The summed E-state index contributed by atoms with van der Waals surface area (Å²) in [6.07, 6.45) is 5.90. The van der Waals surface area contributed by atoms with E-state index < -0.39 is 10.0 Å². The lowest BCUT2D eigenvalue weighted by Crippen LogP contribution is -2.41. The smallest absolute Gasteiger partial charge is 0.264 e. The fraction of sp³-hybridized carbons (Fsp3) is 0.435. The Morgan fingerprint density at radius 1 is 1.00 bits per heavy atom. The van der Waals surface area contributed by atoms with Gasteiger partial charge in [0.2, 0.25) is 5.91 Å². The molecule has 1 N–H and O–H groups in total. The van der Waals surface area contributed by atoms with E-state index in [1.54, 1.807) is 42.5 Å². The molecule has 6 nitrogen and oxygen atoms in total. The van der Waals surface area contributed by atoms with Gasteiger partial charge in [-0.25, -0.2) is 8.42 Å². The van der Waals surface area contributed by atoms with Crippen molar-refractivity contribution in [3.63, 3.8) is 0 Å². The zero-order chi connectivity index (χ0) is 22.1. The van der Waals surface area contributed by atoms with Gasteiger partial charge >= 0.3 is 0 Å². The Hall–Kier alpha value is -2.09. The number of hydrogen-bond acceptors (Lipinski definition) is 4. The van der Waals surface area contributed by atoms with Gasteiger partial charge in [0.15, 0.2) is 0 Å². The predicted octanol–water partition coefficient (Wildman–Crippen LogP) is 3.92. The van der Waals surface area contributed by atoms with Gasteiger partial charge in [-0.05, 0) is 69.2 Å². The number of benzene rings is 2. The molecule has 0 unspecified atom stereocenters. The van der Waals surface area contributed by atoms with Crippen molar-refractivity contribution in [3.05, 3.63) is 59.6 Å². The molecule has 168 valence electrons. The molecule has 0 aliphatic carbocycles. The summed E-state index contributed by atoms with van der Waals surface area (Å²) in [6.45, 7) is 3.39. The Kier molecular flexibility index (Phi) is 8.75. The number of carbonyl (C=O) groups is 1. The summed E-state index contributed by atoms with van der Waals surface area (Å²) in [5.41, 5.74) is 0.357. The first kappa shape index (κ1) is 23.6. The zero-order valence-corrected chi connectivity index (χ0v) is 19.2. The number of halogens is 1. The van der Waals surface area contributed by atoms with Gasteiger partial charge in [-0.1, -0.05) is 48.7 Å². The number of hydrogen-bond donors (Lipinski definition) is 1. The van der Waals surface area contributed by atoms with E-state index in [9.17, 15) is 13.2 Å². The number of nitrogens with zero attached hydrogens (tertiary/aromatic N) is 2. The predicted molar refractivity (Wildman–Crippen MR) is 125 cm³/mol. The van der Waals surface area contributed by atoms with Crippen molar-refractivity contribution in [2.75, 3.05) is 37.0 Å². The normalized spacial score (nSPS) is 15.3. The lowest BCUT2D eigenvalue weighted by atomic mass is 10.2. The van der Waals surface area contributed by atoms with Crippen LogP contribution in [0, 0.1) is 0 Å². The van der Waals surface area contributed by atoms with E-state index in [1.165, 1.54) is 37.8 Å². The Morgan fingerprint density at radius 3 is 2.39 bits per heavy atom. The van der Waals surface area contributed by atoms with E-state index in [0.29, 0.717) is 17.3 Å². The average Bonchev–Trinajstić information content (AvgIpc) is 3.04. The van der Waals surface area contributed by atoms with Crippen molar-refractivity contribution < 1.29 is 13.2 Å². The Bertz CT molecular complexity index is 946. The summed E-state index contributed by atoms with van der Waals surface area (Å²) in [5.74, 6) is -0.338. The van der Waals surface area contributed by atoms with E-state index in [1.807, 2.05) is 0 Å². The lowest BCUT2D eigenvalue weighted by molar-refractivity contribution is -0.119. The number of sulfonamides is 1. The van der Waals surface area contributed by atoms with Gasteiger partial charge in [0.1, 0.15) is 6.54 Å². The van der Waals surface area contributed by atoms with Crippen LogP contribution >= 0.6 is 11.6 Å². The molecule has 3 rings (SSSR count). The maximum atomic E-state index is 13.2. The van der Waals surface area contributed by atoms with Gasteiger partial charge < -0.3 is 10.2 Å². The molecule has 1 amide bonds. The third-order valence-corrected chi connectivity index (χ3v) is 7.41. The van der Waals surface area contributed by atoms with E-state index in [0.717, 1.165) is 30.4 Å². The topological polar surface area (TPSA) is 69.7 Å². The van der Waals surface area contributed by atoms with Crippen LogP contribution in [0.15, 0.2) is 59.5 Å². The molecule has 1 aliphatic rings. The number of nitrogens with one attached hydrogen (secondary N) is 1. The van der Waals surface area contributed by atoms with Gasteiger partial charge in [-0.3, -0.25) is 9.10 Å². The second-order valence-corrected chi connectivity index (χ2v) is 10.1. The molecule has 0 radical (unpaired) electrons. The van der Waals surface area contributed by atoms with Crippen LogP contribution in [0.2, 0.25) is 5.02 Å². The molecular formula is C23H30ClN3O3S. The van der Waals surface area contributed by atoms with Crippen molar-refractivity contribution in [1.82, 2.24) is 10.2 Å². The van der Waals surface area contributed by atoms with Crippen LogP contribution in [-0.4, -0.2) is 51.9 Å². The molecule has 1 fully saturated rings. The summed E-state index contributed by atoms with van der Waals surface area (Å²) >= 11 is 6.08. The highest BCUT2D eigenvalue weighted by atomic mass is 35.5. The number of amides is 1. The number of carbonyl (C=O) groups excluding carboxylic acids is 1. The van der Waals surface area contributed by atoms with Gasteiger partial charge in [0, 0.05) is 11.6 Å². The Balaban J connectivity index is 1.64. The van der Waals surface area contributed by atoms with Crippen molar-refractivity contribution in [2.45, 2.75) is 37.0 Å². The van der Waals surface area contributed by atoms with Gasteiger partial charge in [-0.2, -0.15) is 0 Å². The molecule has 1 aliphatic heterocycles. The molecule has 31 heavy (non-hydrogen) atoms. The van der Waals surface area contributed by atoms with E-state index in [4.69, 9.17) is 11.6 Å². The summed E-state index contributed by atoms with van der Waals surface area (Å²) in [7, 11) is -3.91. The maximum absolute atomic E-state index is 13.2. The van der Waals surface area contributed by atoms with Crippen LogP contribution < -0.4 is 9.62 Å². The minimum absolute atomic E-state index is 0.129. The van der Waals surface area contributed by atoms with Crippen LogP contribution in [-0.2, 0) is 14.8 Å². The molecule has 0 atom stereocenters. The summed E-state index contributed by atoms with van der Waals surface area (Å²) in [5, 5.41) is 3.28. The maximum Gasteiger partial charge on any atom is 0.264 e. The van der Waals surface area contributed by atoms with Crippen molar-refractivity contribution in [2.24, 2.45) is 0 Å².